The maximum Gasteiger partial charge on any atom is 0.209 e. The zero-order valence-corrected chi connectivity index (χ0v) is 18.6. The molecule has 158 valence electrons. The molecule has 0 aliphatic carbocycles. The van der Waals surface area contributed by atoms with Crippen LogP contribution >= 0.6 is 23.4 Å². The largest absolute Gasteiger partial charge is 0.226 e. The van der Waals surface area contributed by atoms with Crippen LogP contribution in [0.1, 0.15) is 11.1 Å². The van der Waals surface area contributed by atoms with E-state index in [9.17, 15) is 0 Å². The predicted molar refractivity (Wildman–Crippen MR) is 127 cm³/mol. The van der Waals surface area contributed by atoms with Crippen molar-refractivity contribution in [3.63, 3.8) is 0 Å². The Kier molecular flexibility index (Phi) is 6.00. The quantitative estimate of drug-likeness (QED) is 0.300. The van der Waals surface area contributed by atoms with Gasteiger partial charge in [0.05, 0.1) is 24.0 Å². The molecule has 5 rings (SSSR count). The van der Waals surface area contributed by atoms with Gasteiger partial charge in [0.15, 0.2) is 0 Å². The van der Waals surface area contributed by atoms with Gasteiger partial charge in [-0.1, -0.05) is 78.3 Å². The van der Waals surface area contributed by atoms with Crippen LogP contribution in [0, 0.1) is 0 Å². The first kappa shape index (κ1) is 20.5. The fourth-order valence-electron chi connectivity index (χ4n) is 3.31. The number of halogens is 1. The van der Waals surface area contributed by atoms with Crippen molar-refractivity contribution in [3.05, 3.63) is 107 Å². The molecule has 0 fully saturated rings. The van der Waals surface area contributed by atoms with Crippen molar-refractivity contribution in [2.24, 2.45) is 0 Å². The molecule has 0 N–H and O–H groups in total. The van der Waals surface area contributed by atoms with E-state index in [2.05, 4.69) is 32.6 Å². The Hall–Kier alpha value is -3.42. The molecule has 0 radical (unpaired) electrons. The smallest absolute Gasteiger partial charge is 0.209 e. The van der Waals surface area contributed by atoms with Crippen molar-refractivity contribution in [1.29, 1.82) is 0 Å². The summed E-state index contributed by atoms with van der Waals surface area (Å²) in [6, 6.07) is 28.0. The summed E-state index contributed by atoms with van der Waals surface area (Å²) in [6.07, 6.45) is 1.79. The second-order valence-electron chi connectivity index (χ2n) is 7.16. The van der Waals surface area contributed by atoms with Crippen LogP contribution in [0.5, 0.6) is 0 Å². The lowest BCUT2D eigenvalue weighted by Crippen LogP contribution is -2.03. The van der Waals surface area contributed by atoms with Gasteiger partial charge in [-0.15, -0.1) is 22.0 Å². The average Bonchev–Trinajstić information content (AvgIpc) is 3.46. The van der Waals surface area contributed by atoms with Crippen molar-refractivity contribution in [3.8, 4) is 17.1 Å². The predicted octanol–water partition coefficient (Wildman–Crippen LogP) is 5.52. The maximum absolute atomic E-state index is 6.24. The molecule has 8 heteroatoms. The molecule has 6 nitrogen and oxygen atoms in total. The number of thioether (sulfide) groups is 1. The molecule has 0 bridgehead atoms. The molecule has 5 aromatic rings. The summed E-state index contributed by atoms with van der Waals surface area (Å²) in [7, 11) is 0. The number of benzene rings is 3. The summed E-state index contributed by atoms with van der Waals surface area (Å²) in [5, 5.41) is 19.4. The minimum absolute atomic E-state index is 0.546. The maximum atomic E-state index is 6.24. The van der Waals surface area contributed by atoms with E-state index in [0.717, 1.165) is 27.6 Å². The van der Waals surface area contributed by atoms with Gasteiger partial charge in [0, 0.05) is 10.8 Å². The number of aromatic nitrogens is 6. The molecule has 0 aliphatic rings. The molecule has 3 aromatic carbocycles. The number of rotatable bonds is 7. The van der Waals surface area contributed by atoms with Crippen LogP contribution in [0.4, 0.5) is 0 Å². The fourth-order valence-corrected chi connectivity index (χ4v) is 4.57. The third kappa shape index (κ3) is 4.59. The van der Waals surface area contributed by atoms with Crippen molar-refractivity contribution in [1.82, 2.24) is 30.0 Å². The van der Waals surface area contributed by atoms with Gasteiger partial charge in [0.1, 0.15) is 5.03 Å². The van der Waals surface area contributed by atoms with Gasteiger partial charge in [-0.25, -0.2) is 4.68 Å². The molecule has 0 spiro atoms. The van der Waals surface area contributed by atoms with Gasteiger partial charge in [-0.2, -0.15) is 9.90 Å². The van der Waals surface area contributed by atoms with E-state index in [1.54, 1.807) is 22.8 Å². The summed E-state index contributed by atoms with van der Waals surface area (Å²) in [5.74, 6) is 1.34. The molecular weight excluding hydrogens is 440 g/mol. The van der Waals surface area contributed by atoms with Gasteiger partial charge in [-0.3, -0.25) is 0 Å². The fraction of sp³-hybridized carbons (Fsp3) is 0.0833. The van der Waals surface area contributed by atoms with E-state index < -0.39 is 0 Å². The average molecular weight is 459 g/mol. The van der Waals surface area contributed by atoms with Crippen molar-refractivity contribution in [2.45, 2.75) is 17.3 Å². The van der Waals surface area contributed by atoms with Crippen molar-refractivity contribution < 1.29 is 0 Å². The van der Waals surface area contributed by atoms with Gasteiger partial charge in [-0.05, 0) is 34.5 Å². The SMILES string of the molecule is Clc1cccc(-n2ncc(-c3nnn(Cc4ccccc4)n3)c2SCc2ccccc2)c1. The van der Waals surface area contributed by atoms with E-state index in [1.807, 2.05) is 77.5 Å². The minimum Gasteiger partial charge on any atom is -0.226 e. The Bertz CT molecular complexity index is 1320. The van der Waals surface area contributed by atoms with E-state index in [0.29, 0.717) is 17.4 Å². The van der Waals surface area contributed by atoms with Gasteiger partial charge in [0.2, 0.25) is 5.82 Å². The second kappa shape index (κ2) is 9.38. The molecule has 0 aliphatic heterocycles. The first-order valence-corrected chi connectivity index (χ1v) is 11.5. The molecular formula is C24H19ClN6S. The minimum atomic E-state index is 0.546. The van der Waals surface area contributed by atoms with E-state index in [4.69, 9.17) is 11.6 Å². The van der Waals surface area contributed by atoms with Crippen molar-refractivity contribution >= 4 is 23.4 Å². The Morgan fingerprint density at radius 1 is 0.844 bits per heavy atom. The lowest BCUT2D eigenvalue weighted by Gasteiger charge is -2.09. The van der Waals surface area contributed by atoms with Crippen molar-refractivity contribution in [2.75, 3.05) is 0 Å². The summed E-state index contributed by atoms with van der Waals surface area (Å²) in [6.45, 7) is 0.558. The van der Waals surface area contributed by atoms with Crippen LogP contribution in [0.25, 0.3) is 17.1 Å². The first-order chi connectivity index (χ1) is 15.8. The molecule has 0 unspecified atom stereocenters. The van der Waals surface area contributed by atoms with Crippen LogP contribution in [-0.2, 0) is 12.3 Å². The highest BCUT2D eigenvalue weighted by molar-refractivity contribution is 7.98. The Labute approximate surface area is 194 Å². The summed E-state index contributed by atoms with van der Waals surface area (Å²) < 4.78 is 1.88. The summed E-state index contributed by atoms with van der Waals surface area (Å²) in [5.41, 5.74) is 4.06. The van der Waals surface area contributed by atoms with Crippen LogP contribution < -0.4 is 0 Å². The topological polar surface area (TPSA) is 61.4 Å². The zero-order chi connectivity index (χ0) is 21.8. The van der Waals surface area contributed by atoms with E-state index in [-0.39, 0.29) is 0 Å². The molecule has 32 heavy (non-hydrogen) atoms. The molecule has 0 saturated heterocycles. The molecule has 0 atom stereocenters. The number of hydrogen-bond acceptors (Lipinski definition) is 5. The van der Waals surface area contributed by atoms with Gasteiger partial charge < -0.3 is 0 Å². The van der Waals surface area contributed by atoms with Crippen LogP contribution in [-0.4, -0.2) is 30.0 Å². The molecule has 2 heterocycles. The lowest BCUT2D eigenvalue weighted by atomic mass is 10.2. The number of nitrogens with zero attached hydrogens (tertiary/aromatic N) is 6. The van der Waals surface area contributed by atoms with E-state index in [1.165, 1.54) is 5.56 Å². The molecule has 0 amide bonds. The zero-order valence-electron chi connectivity index (χ0n) is 17.0. The second-order valence-corrected chi connectivity index (χ2v) is 8.56. The Morgan fingerprint density at radius 2 is 1.59 bits per heavy atom. The van der Waals surface area contributed by atoms with Crippen LogP contribution in [0.2, 0.25) is 5.02 Å². The third-order valence-corrected chi connectivity index (χ3v) is 6.24. The highest BCUT2D eigenvalue weighted by Crippen LogP contribution is 2.34. The normalized spacial score (nSPS) is 11.0. The summed E-state index contributed by atoms with van der Waals surface area (Å²) >= 11 is 7.92. The standard InChI is InChI=1S/C24H19ClN6S/c25-20-12-7-13-21(14-20)31-24(32-17-19-10-5-2-6-11-19)22(15-26-31)23-27-29-30(28-23)16-18-8-3-1-4-9-18/h1-15H,16-17H2. The monoisotopic (exact) mass is 458 g/mol. The van der Waals surface area contributed by atoms with Crippen LogP contribution in [0.3, 0.4) is 0 Å². The third-order valence-electron chi connectivity index (χ3n) is 4.86. The molecule has 0 saturated carbocycles. The number of hydrogen-bond donors (Lipinski definition) is 0. The highest BCUT2D eigenvalue weighted by Gasteiger charge is 2.19. The van der Waals surface area contributed by atoms with Gasteiger partial charge >= 0.3 is 0 Å². The molecule has 2 aromatic heterocycles. The Morgan fingerprint density at radius 3 is 2.34 bits per heavy atom. The lowest BCUT2D eigenvalue weighted by molar-refractivity contribution is 0.573. The van der Waals surface area contributed by atoms with Gasteiger partial charge in [0.25, 0.3) is 0 Å². The van der Waals surface area contributed by atoms with E-state index >= 15 is 0 Å². The Balaban J connectivity index is 1.49. The number of tetrazole rings is 1. The summed E-state index contributed by atoms with van der Waals surface area (Å²) in [4.78, 5) is 1.60. The van der Waals surface area contributed by atoms with Crippen LogP contribution in [0.15, 0.2) is 96.2 Å². The highest BCUT2D eigenvalue weighted by atomic mass is 35.5. The first-order valence-electron chi connectivity index (χ1n) is 10.1.